The van der Waals surface area contributed by atoms with Crippen molar-refractivity contribution in [2.75, 3.05) is 47.2 Å². The lowest BCUT2D eigenvalue weighted by Gasteiger charge is -2.06. The lowest BCUT2D eigenvalue weighted by atomic mass is 10.0. The number of hydrogen-bond donors (Lipinski definition) is 1. The molecule has 0 saturated heterocycles. The van der Waals surface area contributed by atoms with Gasteiger partial charge in [-0.2, -0.15) is 0 Å². The van der Waals surface area contributed by atoms with Crippen LogP contribution in [0.5, 0.6) is 0 Å². The van der Waals surface area contributed by atoms with Crippen LogP contribution in [0.1, 0.15) is 28.8 Å². The highest BCUT2D eigenvalue weighted by molar-refractivity contribution is 5.94. The Balaban J connectivity index is 2.10. The number of amides is 1. The van der Waals surface area contributed by atoms with Crippen LogP contribution in [0.15, 0.2) is 24.3 Å². The number of rotatable bonds is 13. The van der Waals surface area contributed by atoms with Crippen LogP contribution in [0.4, 0.5) is 0 Å². The second-order valence-corrected chi connectivity index (χ2v) is 5.31. The predicted octanol–water partition coefficient (Wildman–Crippen LogP) is 1.62. The summed E-state index contributed by atoms with van der Waals surface area (Å²) < 4.78 is 15.5. The number of benzene rings is 1. The fourth-order valence-corrected chi connectivity index (χ4v) is 2.07. The molecule has 0 aliphatic carbocycles. The second kappa shape index (κ2) is 12.6. The van der Waals surface area contributed by atoms with Crippen molar-refractivity contribution in [3.63, 3.8) is 0 Å². The van der Waals surface area contributed by atoms with E-state index in [-0.39, 0.29) is 11.7 Å². The van der Waals surface area contributed by atoms with Crippen molar-refractivity contribution in [1.82, 2.24) is 5.32 Å². The Bertz CT molecular complexity index is 487. The number of carbonyl (C=O) groups excluding carboxylic acids is 2. The highest BCUT2D eigenvalue weighted by atomic mass is 16.5. The van der Waals surface area contributed by atoms with E-state index in [0.29, 0.717) is 57.9 Å². The third kappa shape index (κ3) is 8.76. The molecule has 0 aliphatic heterocycles. The maximum absolute atomic E-state index is 11.9. The number of ether oxygens (including phenoxy) is 3. The average molecular weight is 337 g/mol. The number of Topliss-reactive ketones (excluding diaryl/α,β-unsaturated/α-hetero) is 1. The zero-order chi connectivity index (χ0) is 17.6. The molecule has 6 nitrogen and oxygen atoms in total. The molecule has 1 amide bonds. The minimum absolute atomic E-state index is 0.128. The average Bonchev–Trinajstić information content (AvgIpc) is 2.60. The number of hydrogen-bond acceptors (Lipinski definition) is 5. The molecule has 0 unspecified atom stereocenters. The van der Waals surface area contributed by atoms with Gasteiger partial charge in [-0.25, -0.2) is 0 Å². The molecule has 24 heavy (non-hydrogen) atoms. The standard InChI is InChI=1S/C18H27NO5/c1-19-18(21)16-7-5-15(6-8-16)14-17(20)4-3-9-23-12-13-24-11-10-22-2/h5-8H,3-4,9-14H2,1-2H3,(H,19,21). The summed E-state index contributed by atoms with van der Waals surface area (Å²) in [7, 11) is 3.22. The smallest absolute Gasteiger partial charge is 0.251 e. The molecule has 134 valence electrons. The van der Waals surface area contributed by atoms with E-state index in [1.807, 2.05) is 12.1 Å². The van der Waals surface area contributed by atoms with Gasteiger partial charge in [-0.05, 0) is 24.1 Å². The van der Waals surface area contributed by atoms with Gasteiger partial charge in [0.25, 0.3) is 5.91 Å². The van der Waals surface area contributed by atoms with E-state index in [1.165, 1.54) is 0 Å². The normalized spacial score (nSPS) is 10.6. The molecular weight excluding hydrogens is 310 g/mol. The highest BCUT2D eigenvalue weighted by Crippen LogP contribution is 2.07. The second-order valence-electron chi connectivity index (χ2n) is 5.31. The molecule has 1 N–H and O–H groups in total. The molecule has 0 aliphatic rings. The summed E-state index contributed by atoms with van der Waals surface area (Å²) in [5, 5.41) is 2.57. The van der Waals surface area contributed by atoms with Crippen molar-refractivity contribution in [3.05, 3.63) is 35.4 Å². The summed E-state index contributed by atoms with van der Waals surface area (Å²) in [6, 6.07) is 7.09. The van der Waals surface area contributed by atoms with Crippen LogP contribution in [-0.2, 0) is 25.4 Å². The van der Waals surface area contributed by atoms with Gasteiger partial charge >= 0.3 is 0 Å². The topological polar surface area (TPSA) is 73.9 Å². The van der Waals surface area contributed by atoms with E-state index in [4.69, 9.17) is 14.2 Å². The number of ketones is 1. The number of carbonyl (C=O) groups is 2. The molecule has 0 aromatic heterocycles. The first-order valence-electron chi connectivity index (χ1n) is 8.14. The van der Waals surface area contributed by atoms with Gasteiger partial charge in [-0.3, -0.25) is 9.59 Å². The molecule has 0 saturated carbocycles. The zero-order valence-corrected chi connectivity index (χ0v) is 14.5. The molecule has 1 rings (SSSR count). The summed E-state index contributed by atoms with van der Waals surface area (Å²) in [6.07, 6.45) is 1.57. The Labute approximate surface area is 143 Å². The molecule has 0 heterocycles. The van der Waals surface area contributed by atoms with Gasteiger partial charge in [0, 0.05) is 39.2 Å². The minimum Gasteiger partial charge on any atom is -0.382 e. The van der Waals surface area contributed by atoms with Crippen LogP contribution < -0.4 is 5.32 Å². The van der Waals surface area contributed by atoms with Gasteiger partial charge in [0.15, 0.2) is 0 Å². The first-order chi connectivity index (χ1) is 11.7. The van der Waals surface area contributed by atoms with Crippen LogP contribution >= 0.6 is 0 Å². The highest BCUT2D eigenvalue weighted by Gasteiger charge is 2.06. The number of nitrogens with one attached hydrogen (secondary N) is 1. The fraction of sp³-hybridized carbons (Fsp3) is 0.556. The predicted molar refractivity (Wildman–Crippen MR) is 91.3 cm³/mol. The molecule has 1 aromatic carbocycles. The van der Waals surface area contributed by atoms with Crippen molar-refractivity contribution in [2.24, 2.45) is 0 Å². The molecule has 1 aromatic rings. The van der Waals surface area contributed by atoms with Gasteiger partial charge in [0.05, 0.1) is 26.4 Å². The van der Waals surface area contributed by atoms with Gasteiger partial charge in [0.1, 0.15) is 5.78 Å². The number of methoxy groups -OCH3 is 1. The van der Waals surface area contributed by atoms with Crippen LogP contribution in [0, 0.1) is 0 Å². The Morgan fingerprint density at radius 3 is 2.21 bits per heavy atom. The van der Waals surface area contributed by atoms with E-state index in [2.05, 4.69) is 5.32 Å². The summed E-state index contributed by atoms with van der Waals surface area (Å²) >= 11 is 0. The molecular formula is C18H27NO5. The van der Waals surface area contributed by atoms with Crippen molar-refractivity contribution in [2.45, 2.75) is 19.3 Å². The monoisotopic (exact) mass is 337 g/mol. The van der Waals surface area contributed by atoms with Gasteiger partial charge in [-0.15, -0.1) is 0 Å². The SMILES string of the molecule is CNC(=O)c1ccc(CC(=O)CCCOCCOCCOC)cc1. The van der Waals surface area contributed by atoms with Gasteiger partial charge in [0.2, 0.25) is 0 Å². The Morgan fingerprint density at radius 2 is 1.58 bits per heavy atom. The molecule has 0 fully saturated rings. The molecule has 0 radical (unpaired) electrons. The first-order valence-corrected chi connectivity index (χ1v) is 8.14. The van der Waals surface area contributed by atoms with Crippen LogP contribution in [-0.4, -0.2) is 58.9 Å². The summed E-state index contributed by atoms with van der Waals surface area (Å²) in [6.45, 7) is 2.76. The molecule has 0 bridgehead atoms. The first kappa shape index (κ1) is 20.3. The summed E-state index contributed by atoms with van der Waals surface area (Å²) in [5.41, 5.74) is 1.51. The minimum atomic E-state index is -0.128. The van der Waals surface area contributed by atoms with Crippen molar-refractivity contribution in [3.8, 4) is 0 Å². The van der Waals surface area contributed by atoms with E-state index < -0.39 is 0 Å². The summed E-state index contributed by atoms with van der Waals surface area (Å²) in [5.74, 6) is 0.0406. The quantitative estimate of drug-likeness (QED) is 0.554. The van der Waals surface area contributed by atoms with Crippen molar-refractivity contribution < 1.29 is 23.8 Å². The lowest BCUT2D eigenvalue weighted by Crippen LogP contribution is -2.17. The van der Waals surface area contributed by atoms with Crippen LogP contribution in [0.2, 0.25) is 0 Å². The maximum atomic E-state index is 11.9. The third-order valence-corrected chi connectivity index (χ3v) is 3.39. The van der Waals surface area contributed by atoms with E-state index in [1.54, 1.807) is 26.3 Å². The summed E-state index contributed by atoms with van der Waals surface area (Å²) in [4.78, 5) is 23.4. The fourth-order valence-electron chi connectivity index (χ4n) is 2.07. The van der Waals surface area contributed by atoms with Gasteiger partial charge in [-0.1, -0.05) is 12.1 Å². The van der Waals surface area contributed by atoms with Crippen LogP contribution in [0.25, 0.3) is 0 Å². The molecule has 0 atom stereocenters. The Morgan fingerprint density at radius 1 is 0.958 bits per heavy atom. The molecule has 6 heteroatoms. The zero-order valence-electron chi connectivity index (χ0n) is 14.5. The van der Waals surface area contributed by atoms with Gasteiger partial charge < -0.3 is 19.5 Å². The maximum Gasteiger partial charge on any atom is 0.251 e. The Kier molecular flexibility index (Phi) is 10.7. The third-order valence-electron chi connectivity index (χ3n) is 3.39. The van der Waals surface area contributed by atoms with Crippen molar-refractivity contribution >= 4 is 11.7 Å². The van der Waals surface area contributed by atoms with Crippen LogP contribution in [0.3, 0.4) is 0 Å². The largest absolute Gasteiger partial charge is 0.382 e. The van der Waals surface area contributed by atoms with Crippen molar-refractivity contribution in [1.29, 1.82) is 0 Å². The van der Waals surface area contributed by atoms with E-state index >= 15 is 0 Å². The van der Waals surface area contributed by atoms with E-state index in [0.717, 1.165) is 5.56 Å². The molecule has 0 spiro atoms. The lowest BCUT2D eigenvalue weighted by molar-refractivity contribution is -0.118. The Hall–Kier alpha value is -1.76. The van der Waals surface area contributed by atoms with E-state index in [9.17, 15) is 9.59 Å².